The largest absolute Gasteiger partial charge is 0.493 e. The molecule has 1 fully saturated rings. The topological polar surface area (TPSA) is 50.8 Å². The molecule has 0 unspecified atom stereocenters. The van der Waals surface area contributed by atoms with E-state index in [1.54, 1.807) is 6.07 Å². The number of likely N-dealkylation sites (tertiary alicyclic amines) is 1. The molecule has 5 nitrogen and oxygen atoms in total. The summed E-state index contributed by atoms with van der Waals surface area (Å²) < 4.78 is 35.1. The van der Waals surface area contributed by atoms with Gasteiger partial charge in [-0.25, -0.2) is 0 Å². The van der Waals surface area contributed by atoms with Gasteiger partial charge in [0.2, 0.25) is 0 Å². The van der Waals surface area contributed by atoms with Gasteiger partial charge in [0, 0.05) is 13.1 Å². The minimum Gasteiger partial charge on any atom is -0.493 e. The summed E-state index contributed by atoms with van der Waals surface area (Å²) >= 11 is 0. The summed E-state index contributed by atoms with van der Waals surface area (Å²) in [6.45, 7) is 0.251. The summed E-state index contributed by atoms with van der Waals surface area (Å²) in [6, 6.07) is 12.4. The van der Waals surface area contributed by atoms with E-state index >= 15 is 0 Å². The number of nitrogens with one attached hydrogen (secondary N) is 1. The lowest BCUT2D eigenvalue weighted by Gasteiger charge is -2.18. The highest BCUT2D eigenvalue weighted by atomic mass is 19.3. The molecule has 1 aliphatic rings. The monoisotopic (exact) mass is 390 g/mol. The Kier molecular flexibility index (Phi) is 6.81. The van der Waals surface area contributed by atoms with Crippen LogP contribution in [0.5, 0.6) is 11.5 Å². The molecule has 0 atom stereocenters. The van der Waals surface area contributed by atoms with Crippen LogP contribution in [0.2, 0.25) is 0 Å². The van der Waals surface area contributed by atoms with Gasteiger partial charge in [-0.15, -0.1) is 0 Å². The number of amides is 1. The first-order chi connectivity index (χ1) is 13.6. The molecule has 0 saturated carbocycles. The van der Waals surface area contributed by atoms with Gasteiger partial charge < -0.3 is 14.8 Å². The summed E-state index contributed by atoms with van der Waals surface area (Å²) in [5.74, 6) is -0.671. The molecule has 1 aliphatic heterocycles. The number of halogens is 2. The minimum absolute atomic E-state index is 0.0108. The number of carbonyl (C=O) groups is 1. The van der Waals surface area contributed by atoms with Gasteiger partial charge in [0.15, 0.2) is 11.5 Å². The molecule has 3 rings (SSSR count). The van der Waals surface area contributed by atoms with Crippen molar-refractivity contribution in [2.75, 3.05) is 20.2 Å². The van der Waals surface area contributed by atoms with E-state index in [0.29, 0.717) is 6.54 Å². The quantitative estimate of drug-likeness (QED) is 0.745. The highest BCUT2D eigenvalue weighted by Gasteiger charge is 2.20. The number of alkyl halides is 2. The van der Waals surface area contributed by atoms with Crippen molar-refractivity contribution in [3.63, 3.8) is 0 Å². The molecule has 1 saturated heterocycles. The number of methoxy groups -OCH3 is 1. The molecule has 0 spiro atoms. The highest BCUT2D eigenvalue weighted by Crippen LogP contribution is 2.32. The van der Waals surface area contributed by atoms with Gasteiger partial charge >= 0.3 is 6.61 Å². The molecular formula is C21H24F2N2O3. The Morgan fingerprint density at radius 1 is 1.11 bits per heavy atom. The number of hydrogen-bond donors (Lipinski definition) is 1. The summed E-state index contributed by atoms with van der Waals surface area (Å²) in [7, 11) is 1.34. The first kappa shape index (κ1) is 20.1. The number of nitrogens with zero attached hydrogens (tertiary/aromatic N) is 1. The Morgan fingerprint density at radius 2 is 1.82 bits per heavy atom. The van der Waals surface area contributed by atoms with E-state index in [1.807, 2.05) is 18.2 Å². The number of rotatable bonds is 8. The lowest BCUT2D eigenvalue weighted by molar-refractivity contribution is -0.0515. The molecule has 0 radical (unpaired) electrons. The van der Waals surface area contributed by atoms with Crippen molar-refractivity contribution < 1.29 is 23.0 Å². The fraction of sp³-hybridized carbons (Fsp3) is 0.381. The van der Waals surface area contributed by atoms with Crippen LogP contribution in [0.1, 0.15) is 34.3 Å². The van der Waals surface area contributed by atoms with E-state index in [2.05, 4.69) is 21.0 Å². The fourth-order valence-corrected chi connectivity index (χ4v) is 3.40. The van der Waals surface area contributed by atoms with Crippen molar-refractivity contribution in [2.24, 2.45) is 0 Å². The maximum atomic E-state index is 12.8. The Hall–Kier alpha value is -2.67. The Bertz CT molecular complexity index is 808. The summed E-state index contributed by atoms with van der Waals surface area (Å²) in [6.07, 6.45) is 2.42. The van der Waals surface area contributed by atoms with Crippen LogP contribution in [0.25, 0.3) is 0 Å². The molecule has 0 aromatic heterocycles. The van der Waals surface area contributed by atoms with Crippen LogP contribution in [0.15, 0.2) is 42.5 Å². The van der Waals surface area contributed by atoms with Gasteiger partial charge in [-0.3, -0.25) is 9.69 Å². The average molecular weight is 390 g/mol. The third kappa shape index (κ3) is 4.98. The Labute approximate surface area is 163 Å². The van der Waals surface area contributed by atoms with E-state index in [0.717, 1.165) is 30.8 Å². The van der Waals surface area contributed by atoms with E-state index < -0.39 is 12.5 Å². The van der Waals surface area contributed by atoms with E-state index in [1.165, 1.54) is 32.1 Å². The first-order valence-corrected chi connectivity index (χ1v) is 9.27. The molecule has 2 aromatic carbocycles. The van der Waals surface area contributed by atoms with Crippen molar-refractivity contribution in [1.82, 2.24) is 10.2 Å². The van der Waals surface area contributed by atoms with Crippen LogP contribution < -0.4 is 14.8 Å². The third-order valence-electron chi connectivity index (χ3n) is 4.80. The molecule has 7 heteroatoms. The Balaban J connectivity index is 1.73. The second-order valence-corrected chi connectivity index (χ2v) is 6.65. The van der Waals surface area contributed by atoms with Crippen molar-refractivity contribution in [2.45, 2.75) is 32.5 Å². The zero-order valence-electron chi connectivity index (χ0n) is 15.8. The average Bonchev–Trinajstić information content (AvgIpc) is 3.20. The smallest absolute Gasteiger partial charge is 0.387 e. The van der Waals surface area contributed by atoms with Gasteiger partial charge in [0.05, 0.1) is 12.7 Å². The summed E-state index contributed by atoms with van der Waals surface area (Å²) in [4.78, 5) is 15.0. The van der Waals surface area contributed by atoms with Crippen molar-refractivity contribution in [3.05, 3.63) is 59.2 Å². The van der Waals surface area contributed by atoms with Crippen LogP contribution in [-0.2, 0) is 13.1 Å². The number of hydrogen-bond acceptors (Lipinski definition) is 4. The minimum atomic E-state index is -3.05. The first-order valence-electron chi connectivity index (χ1n) is 9.27. The second-order valence-electron chi connectivity index (χ2n) is 6.65. The van der Waals surface area contributed by atoms with Crippen LogP contribution in [-0.4, -0.2) is 37.6 Å². The van der Waals surface area contributed by atoms with Gasteiger partial charge in [0.1, 0.15) is 0 Å². The maximum Gasteiger partial charge on any atom is 0.387 e. The molecular weight excluding hydrogens is 366 g/mol. The molecule has 2 aromatic rings. The molecule has 150 valence electrons. The molecule has 0 bridgehead atoms. The molecule has 0 aliphatic carbocycles. The molecule has 1 heterocycles. The van der Waals surface area contributed by atoms with Crippen molar-refractivity contribution in [1.29, 1.82) is 0 Å². The lowest BCUT2D eigenvalue weighted by Crippen LogP contribution is -2.25. The molecule has 1 amide bonds. The lowest BCUT2D eigenvalue weighted by atomic mass is 10.1. The summed E-state index contributed by atoms with van der Waals surface area (Å²) in [5, 5.41) is 2.81. The SMILES string of the molecule is COc1cccc(C(=O)NCc2ccccc2CN2CCCC2)c1OC(F)F. The summed E-state index contributed by atoms with van der Waals surface area (Å²) in [5.41, 5.74) is 2.16. The second kappa shape index (κ2) is 9.50. The zero-order chi connectivity index (χ0) is 19.9. The van der Waals surface area contributed by atoms with Crippen molar-refractivity contribution in [3.8, 4) is 11.5 Å². The number of benzene rings is 2. The van der Waals surface area contributed by atoms with E-state index in [-0.39, 0.29) is 17.1 Å². The van der Waals surface area contributed by atoms with Crippen molar-refractivity contribution >= 4 is 5.91 Å². The van der Waals surface area contributed by atoms with Gasteiger partial charge in [-0.1, -0.05) is 30.3 Å². The highest BCUT2D eigenvalue weighted by molar-refractivity contribution is 5.97. The predicted octanol–water partition coefficient (Wildman–Crippen LogP) is 3.82. The fourth-order valence-electron chi connectivity index (χ4n) is 3.40. The molecule has 28 heavy (non-hydrogen) atoms. The number of para-hydroxylation sites is 1. The Morgan fingerprint density at radius 3 is 2.50 bits per heavy atom. The van der Waals surface area contributed by atoms with Gasteiger partial charge in [0.25, 0.3) is 5.91 Å². The van der Waals surface area contributed by atoms with Crippen LogP contribution in [0.4, 0.5) is 8.78 Å². The van der Waals surface area contributed by atoms with E-state index in [9.17, 15) is 13.6 Å². The van der Waals surface area contributed by atoms with Gasteiger partial charge in [-0.05, 0) is 49.2 Å². The normalized spacial score (nSPS) is 14.3. The predicted molar refractivity (Wildman–Crippen MR) is 102 cm³/mol. The zero-order valence-corrected chi connectivity index (χ0v) is 15.8. The molecule has 1 N–H and O–H groups in total. The third-order valence-corrected chi connectivity index (χ3v) is 4.80. The standard InChI is InChI=1S/C21H24F2N2O3/c1-27-18-10-6-9-17(19(18)28-21(22)23)20(26)24-13-15-7-2-3-8-16(15)14-25-11-4-5-12-25/h2-3,6-10,21H,4-5,11-14H2,1H3,(H,24,26). The maximum absolute atomic E-state index is 12.8. The van der Waals surface area contributed by atoms with Crippen LogP contribution in [0.3, 0.4) is 0 Å². The van der Waals surface area contributed by atoms with E-state index in [4.69, 9.17) is 4.74 Å². The number of carbonyl (C=O) groups excluding carboxylic acids is 1. The van der Waals surface area contributed by atoms with Crippen LogP contribution >= 0.6 is 0 Å². The number of ether oxygens (including phenoxy) is 2. The van der Waals surface area contributed by atoms with Crippen LogP contribution in [0, 0.1) is 0 Å². The van der Waals surface area contributed by atoms with Gasteiger partial charge in [-0.2, -0.15) is 8.78 Å².